The van der Waals surface area contributed by atoms with E-state index in [1.807, 2.05) is 19.1 Å². The Labute approximate surface area is 81.1 Å². The van der Waals surface area contributed by atoms with Crippen LogP contribution in [0.5, 0.6) is 0 Å². The first-order valence-electron chi connectivity index (χ1n) is 4.33. The van der Waals surface area contributed by atoms with Crippen LogP contribution < -0.4 is 5.56 Å². The monoisotopic (exact) mass is 186 g/mol. The number of H-pyrrole nitrogens is 1. The fraction of sp³-hybridized carbons (Fsp3) is 0.0909. The summed E-state index contributed by atoms with van der Waals surface area (Å²) in [6, 6.07) is 3.74. The molecule has 0 unspecified atom stereocenters. The number of rotatable bonds is 1. The van der Waals surface area contributed by atoms with Crippen LogP contribution in [0.3, 0.4) is 0 Å². The van der Waals surface area contributed by atoms with Crippen LogP contribution >= 0.6 is 0 Å². The molecule has 0 atom stereocenters. The summed E-state index contributed by atoms with van der Waals surface area (Å²) >= 11 is 0. The third-order valence-electron chi connectivity index (χ3n) is 2.33. The molecule has 0 aliphatic rings. The molecule has 0 saturated carbocycles. The van der Waals surface area contributed by atoms with Crippen molar-refractivity contribution in [1.29, 1.82) is 0 Å². The minimum Gasteiger partial charge on any atom is -0.313 e. The van der Waals surface area contributed by atoms with Gasteiger partial charge < -0.3 is 4.98 Å². The highest BCUT2D eigenvalue weighted by Crippen LogP contribution is 2.17. The second kappa shape index (κ2) is 3.10. The molecule has 3 nitrogen and oxygen atoms in total. The summed E-state index contributed by atoms with van der Waals surface area (Å²) in [5, 5.41) is 0.643. The van der Waals surface area contributed by atoms with Gasteiger partial charge in [-0.3, -0.25) is 4.79 Å². The zero-order chi connectivity index (χ0) is 10.1. The lowest BCUT2D eigenvalue weighted by atomic mass is 10.0. The van der Waals surface area contributed by atoms with Gasteiger partial charge in [-0.05, 0) is 24.1 Å². The number of hydrogen-bond donors (Lipinski definition) is 1. The summed E-state index contributed by atoms with van der Waals surface area (Å²) in [7, 11) is 0. The maximum Gasteiger partial charge on any atom is 0.258 e. The first kappa shape index (κ1) is 8.69. The van der Waals surface area contributed by atoms with Gasteiger partial charge in [-0.25, -0.2) is 4.98 Å². The molecule has 14 heavy (non-hydrogen) atoms. The molecule has 0 spiro atoms. The second-order valence-corrected chi connectivity index (χ2v) is 3.11. The lowest BCUT2D eigenvalue weighted by molar-refractivity contribution is 1.16. The molecule has 0 aliphatic carbocycles. The van der Waals surface area contributed by atoms with Crippen LogP contribution in [0.25, 0.3) is 17.0 Å². The molecular formula is C11H10N2O. The number of aryl methyl sites for hydroxylation is 1. The molecule has 0 amide bonds. The fourth-order valence-corrected chi connectivity index (χ4v) is 1.56. The van der Waals surface area contributed by atoms with Gasteiger partial charge in [0.1, 0.15) is 0 Å². The summed E-state index contributed by atoms with van der Waals surface area (Å²) in [6.07, 6.45) is 3.15. The molecule has 0 aliphatic heterocycles. The Morgan fingerprint density at radius 2 is 2.29 bits per heavy atom. The molecule has 2 rings (SSSR count). The van der Waals surface area contributed by atoms with E-state index in [1.54, 1.807) is 6.08 Å². The molecule has 2 aromatic rings. The minimum absolute atomic E-state index is 0.101. The van der Waals surface area contributed by atoms with Gasteiger partial charge in [0.2, 0.25) is 0 Å². The van der Waals surface area contributed by atoms with Crippen molar-refractivity contribution in [2.45, 2.75) is 6.92 Å². The molecule has 70 valence electrons. The van der Waals surface area contributed by atoms with Gasteiger partial charge in [0, 0.05) is 0 Å². The van der Waals surface area contributed by atoms with Gasteiger partial charge in [-0.15, -0.1) is 0 Å². The second-order valence-electron chi connectivity index (χ2n) is 3.11. The van der Waals surface area contributed by atoms with Crippen LogP contribution in [0, 0.1) is 6.92 Å². The Hall–Kier alpha value is -1.90. The summed E-state index contributed by atoms with van der Waals surface area (Å²) in [4.78, 5) is 18.2. The normalized spacial score (nSPS) is 10.4. The van der Waals surface area contributed by atoms with Crippen LogP contribution in [-0.4, -0.2) is 9.97 Å². The van der Waals surface area contributed by atoms with E-state index >= 15 is 0 Å². The number of hydrogen-bond acceptors (Lipinski definition) is 2. The standard InChI is InChI=1S/C11H10N2O/c1-3-8-4-5-9-10(7(8)2)11(14)13-6-12-9/h3-6H,1H2,2H3,(H,12,13,14). The predicted octanol–water partition coefficient (Wildman–Crippen LogP) is 1.87. The summed E-state index contributed by atoms with van der Waals surface area (Å²) in [5.74, 6) is 0. The maximum atomic E-state index is 11.5. The fourth-order valence-electron chi connectivity index (χ4n) is 1.56. The van der Waals surface area contributed by atoms with Gasteiger partial charge >= 0.3 is 0 Å². The van der Waals surface area contributed by atoms with Crippen LogP contribution in [0.2, 0.25) is 0 Å². The first-order valence-corrected chi connectivity index (χ1v) is 4.33. The minimum atomic E-state index is -0.101. The molecule has 3 heteroatoms. The third-order valence-corrected chi connectivity index (χ3v) is 2.33. The van der Waals surface area contributed by atoms with Gasteiger partial charge in [0.05, 0.1) is 17.2 Å². The third kappa shape index (κ3) is 1.14. The average molecular weight is 186 g/mol. The van der Waals surface area contributed by atoms with Crippen LogP contribution in [-0.2, 0) is 0 Å². The Bertz CT molecular complexity index is 555. The number of nitrogens with zero attached hydrogens (tertiary/aromatic N) is 1. The van der Waals surface area contributed by atoms with E-state index in [4.69, 9.17) is 0 Å². The van der Waals surface area contributed by atoms with E-state index in [1.165, 1.54) is 6.33 Å². The van der Waals surface area contributed by atoms with Gasteiger partial charge in [0.25, 0.3) is 5.56 Å². The SMILES string of the molecule is C=Cc1ccc2nc[nH]c(=O)c2c1C. The zero-order valence-electron chi connectivity index (χ0n) is 7.87. The number of aromatic nitrogens is 2. The number of benzene rings is 1. The van der Waals surface area contributed by atoms with Gasteiger partial charge in [-0.1, -0.05) is 18.7 Å². The molecule has 0 bridgehead atoms. The summed E-state index contributed by atoms with van der Waals surface area (Å²) in [5.41, 5.74) is 2.51. The Balaban J connectivity index is 3.01. The van der Waals surface area contributed by atoms with Crippen molar-refractivity contribution < 1.29 is 0 Å². The van der Waals surface area contributed by atoms with Crippen molar-refractivity contribution >= 4 is 17.0 Å². The highest BCUT2D eigenvalue weighted by Gasteiger charge is 2.04. The van der Waals surface area contributed by atoms with E-state index in [9.17, 15) is 4.79 Å². The van der Waals surface area contributed by atoms with E-state index < -0.39 is 0 Å². The zero-order valence-corrected chi connectivity index (χ0v) is 7.87. The Morgan fingerprint density at radius 3 is 3.00 bits per heavy atom. The van der Waals surface area contributed by atoms with E-state index in [0.717, 1.165) is 16.6 Å². The maximum absolute atomic E-state index is 11.5. The van der Waals surface area contributed by atoms with E-state index in [2.05, 4.69) is 16.5 Å². The predicted molar refractivity (Wildman–Crippen MR) is 57.2 cm³/mol. The quantitative estimate of drug-likeness (QED) is 0.739. The summed E-state index contributed by atoms with van der Waals surface area (Å²) < 4.78 is 0. The molecule has 1 heterocycles. The largest absolute Gasteiger partial charge is 0.313 e. The average Bonchev–Trinajstić information content (AvgIpc) is 2.18. The van der Waals surface area contributed by atoms with Crippen LogP contribution in [0.15, 0.2) is 29.8 Å². The summed E-state index contributed by atoms with van der Waals surface area (Å²) in [6.45, 7) is 5.59. The molecule has 0 saturated heterocycles. The van der Waals surface area contributed by atoms with E-state index in [-0.39, 0.29) is 5.56 Å². The highest BCUT2D eigenvalue weighted by molar-refractivity contribution is 5.84. The smallest absolute Gasteiger partial charge is 0.258 e. The Kier molecular flexibility index (Phi) is 1.93. The number of nitrogens with one attached hydrogen (secondary N) is 1. The lowest BCUT2D eigenvalue weighted by Gasteiger charge is -2.03. The molecule has 1 N–H and O–H groups in total. The number of fused-ring (bicyclic) bond motifs is 1. The highest BCUT2D eigenvalue weighted by atomic mass is 16.1. The Morgan fingerprint density at radius 1 is 1.50 bits per heavy atom. The van der Waals surface area contributed by atoms with Crippen LogP contribution in [0.4, 0.5) is 0 Å². The van der Waals surface area contributed by atoms with Crippen molar-refractivity contribution in [3.63, 3.8) is 0 Å². The van der Waals surface area contributed by atoms with Crippen molar-refractivity contribution in [2.75, 3.05) is 0 Å². The topological polar surface area (TPSA) is 45.8 Å². The first-order chi connectivity index (χ1) is 6.74. The van der Waals surface area contributed by atoms with Crippen molar-refractivity contribution in [2.24, 2.45) is 0 Å². The van der Waals surface area contributed by atoms with Crippen LogP contribution in [0.1, 0.15) is 11.1 Å². The number of aromatic amines is 1. The van der Waals surface area contributed by atoms with Gasteiger partial charge in [-0.2, -0.15) is 0 Å². The molecule has 0 fully saturated rings. The molecule has 1 aromatic carbocycles. The van der Waals surface area contributed by atoms with Crippen molar-refractivity contribution in [3.05, 3.63) is 46.5 Å². The molecular weight excluding hydrogens is 176 g/mol. The van der Waals surface area contributed by atoms with Crippen molar-refractivity contribution in [1.82, 2.24) is 9.97 Å². The van der Waals surface area contributed by atoms with Crippen molar-refractivity contribution in [3.8, 4) is 0 Å². The molecule has 1 aromatic heterocycles. The lowest BCUT2D eigenvalue weighted by Crippen LogP contribution is -2.08. The van der Waals surface area contributed by atoms with E-state index in [0.29, 0.717) is 5.39 Å². The van der Waals surface area contributed by atoms with Gasteiger partial charge in [0.15, 0.2) is 0 Å². The molecule has 0 radical (unpaired) electrons.